The van der Waals surface area contributed by atoms with Crippen LogP contribution in [0.1, 0.15) is 41.3 Å². The second-order valence-electron chi connectivity index (χ2n) is 8.52. The zero-order valence-electron chi connectivity index (χ0n) is 18.9. The van der Waals surface area contributed by atoms with E-state index in [2.05, 4.69) is 9.97 Å². The number of nitrogens with zero attached hydrogens (tertiary/aromatic N) is 3. The highest BCUT2D eigenvalue weighted by Gasteiger charge is 2.25. The van der Waals surface area contributed by atoms with Gasteiger partial charge in [0, 0.05) is 29.9 Å². The number of rotatable bonds is 8. The SMILES string of the molecule is Cc1oc(-c2cccc(-c3cncnc3)c2)nc1CCOc1ccc2c(c1)CC[C@H]2CC(=O)O. The first kappa shape index (κ1) is 21.8. The highest BCUT2D eigenvalue weighted by atomic mass is 16.5. The van der Waals surface area contributed by atoms with E-state index in [-0.39, 0.29) is 12.3 Å². The molecule has 7 nitrogen and oxygen atoms in total. The smallest absolute Gasteiger partial charge is 0.303 e. The molecule has 0 bridgehead atoms. The van der Waals surface area contributed by atoms with E-state index in [0.29, 0.717) is 18.9 Å². The standard InChI is InChI=1S/C27H25N3O4/c1-17-25(9-10-33-23-7-8-24-19(12-23)5-6-20(24)13-26(31)32)30-27(34-17)21-4-2-3-18(11-21)22-14-28-16-29-15-22/h2-4,7-8,11-12,14-16,20H,5-6,9-10,13H2,1H3,(H,31,32)/t20-/m0/s1. The molecule has 2 aromatic carbocycles. The molecule has 0 unspecified atom stereocenters. The molecule has 2 aromatic heterocycles. The van der Waals surface area contributed by atoms with Gasteiger partial charge in [-0.15, -0.1) is 0 Å². The van der Waals surface area contributed by atoms with Crippen LogP contribution < -0.4 is 4.74 Å². The number of carboxylic acid groups (broad SMARTS) is 1. The van der Waals surface area contributed by atoms with Crippen LogP contribution in [0.15, 0.2) is 65.6 Å². The molecule has 1 atom stereocenters. The van der Waals surface area contributed by atoms with Crippen molar-refractivity contribution >= 4 is 5.97 Å². The van der Waals surface area contributed by atoms with Gasteiger partial charge in [0.05, 0.1) is 18.7 Å². The van der Waals surface area contributed by atoms with Gasteiger partial charge in [0.2, 0.25) is 5.89 Å². The van der Waals surface area contributed by atoms with Crippen LogP contribution in [-0.4, -0.2) is 32.6 Å². The Hall–Kier alpha value is -4.00. The number of oxazole rings is 1. The van der Waals surface area contributed by atoms with Crippen molar-refractivity contribution in [2.45, 2.75) is 38.5 Å². The van der Waals surface area contributed by atoms with Crippen LogP contribution in [0.4, 0.5) is 0 Å². The number of aliphatic carboxylic acids is 1. The van der Waals surface area contributed by atoms with Crippen molar-refractivity contribution in [1.29, 1.82) is 0 Å². The predicted molar refractivity (Wildman–Crippen MR) is 127 cm³/mol. The Morgan fingerprint density at radius 1 is 1.12 bits per heavy atom. The first-order valence-electron chi connectivity index (χ1n) is 11.4. The zero-order valence-corrected chi connectivity index (χ0v) is 18.9. The van der Waals surface area contributed by atoms with Crippen molar-refractivity contribution in [3.8, 4) is 28.3 Å². The van der Waals surface area contributed by atoms with Gasteiger partial charge in [-0.05, 0) is 66.6 Å². The lowest BCUT2D eigenvalue weighted by atomic mass is 9.98. The zero-order chi connectivity index (χ0) is 23.5. The minimum Gasteiger partial charge on any atom is -0.493 e. The molecular weight excluding hydrogens is 430 g/mol. The summed E-state index contributed by atoms with van der Waals surface area (Å²) in [4.78, 5) is 23.9. The van der Waals surface area contributed by atoms with E-state index < -0.39 is 5.97 Å². The number of aryl methyl sites for hydroxylation is 2. The summed E-state index contributed by atoms with van der Waals surface area (Å²) in [6, 6.07) is 13.9. The number of fused-ring (bicyclic) bond motifs is 1. The molecule has 34 heavy (non-hydrogen) atoms. The van der Waals surface area contributed by atoms with Gasteiger partial charge >= 0.3 is 5.97 Å². The molecule has 0 spiro atoms. The maximum atomic E-state index is 11.1. The Balaban J connectivity index is 1.24. The highest BCUT2D eigenvalue weighted by molar-refractivity contribution is 5.69. The Morgan fingerprint density at radius 2 is 1.94 bits per heavy atom. The molecule has 172 valence electrons. The van der Waals surface area contributed by atoms with Gasteiger partial charge in [-0.25, -0.2) is 15.0 Å². The van der Waals surface area contributed by atoms with Crippen LogP contribution in [0.3, 0.4) is 0 Å². The molecule has 1 aliphatic rings. The van der Waals surface area contributed by atoms with Crippen LogP contribution >= 0.6 is 0 Å². The van der Waals surface area contributed by atoms with Crippen LogP contribution in [0, 0.1) is 6.92 Å². The number of aromatic nitrogens is 3. The summed E-state index contributed by atoms with van der Waals surface area (Å²) in [6.07, 6.45) is 7.65. The van der Waals surface area contributed by atoms with Gasteiger partial charge in [-0.3, -0.25) is 4.79 Å². The van der Waals surface area contributed by atoms with Gasteiger partial charge in [-0.1, -0.05) is 18.2 Å². The van der Waals surface area contributed by atoms with E-state index in [1.807, 2.05) is 49.4 Å². The van der Waals surface area contributed by atoms with Gasteiger partial charge in [-0.2, -0.15) is 0 Å². The number of hydrogen-bond donors (Lipinski definition) is 1. The molecule has 2 heterocycles. The summed E-state index contributed by atoms with van der Waals surface area (Å²) in [7, 11) is 0. The third kappa shape index (κ3) is 4.69. The summed E-state index contributed by atoms with van der Waals surface area (Å²) in [6.45, 7) is 2.39. The van der Waals surface area contributed by atoms with E-state index >= 15 is 0 Å². The van der Waals surface area contributed by atoms with Gasteiger partial charge in [0.25, 0.3) is 0 Å². The number of ether oxygens (including phenoxy) is 1. The lowest BCUT2D eigenvalue weighted by molar-refractivity contribution is -0.137. The molecule has 0 fully saturated rings. The van der Waals surface area contributed by atoms with Crippen molar-refractivity contribution in [2.24, 2.45) is 0 Å². The second kappa shape index (κ2) is 9.47. The average molecular weight is 456 g/mol. The van der Waals surface area contributed by atoms with Crippen molar-refractivity contribution < 1.29 is 19.1 Å². The first-order valence-corrected chi connectivity index (χ1v) is 11.4. The molecule has 1 N–H and O–H groups in total. The Bertz CT molecular complexity index is 1320. The summed E-state index contributed by atoms with van der Waals surface area (Å²) < 4.78 is 11.9. The number of benzene rings is 2. The molecule has 0 radical (unpaired) electrons. The molecule has 0 saturated heterocycles. The van der Waals surface area contributed by atoms with E-state index in [1.165, 1.54) is 11.9 Å². The third-order valence-electron chi connectivity index (χ3n) is 6.24. The normalized spacial score (nSPS) is 14.7. The maximum absolute atomic E-state index is 11.1. The Labute approximate surface area is 197 Å². The van der Waals surface area contributed by atoms with E-state index in [4.69, 9.17) is 19.2 Å². The molecule has 7 heteroatoms. The highest BCUT2D eigenvalue weighted by Crippen LogP contribution is 2.37. The summed E-state index contributed by atoms with van der Waals surface area (Å²) in [5.74, 6) is 1.51. The molecule has 5 rings (SSSR count). The van der Waals surface area contributed by atoms with Crippen LogP contribution in [0.5, 0.6) is 5.75 Å². The fraction of sp³-hybridized carbons (Fsp3) is 0.259. The lowest BCUT2D eigenvalue weighted by Gasteiger charge is -2.10. The molecule has 4 aromatic rings. The number of hydrogen-bond acceptors (Lipinski definition) is 6. The van der Waals surface area contributed by atoms with Crippen LogP contribution in [0.25, 0.3) is 22.6 Å². The van der Waals surface area contributed by atoms with Crippen molar-refractivity contribution in [1.82, 2.24) is 15.0 Å². The Morgan fingerprint density at radius 3 is 2.76 bits per heavy atom. The fourth-order valence-corrected chi connectivity index (χ4v) is 4.52. The van der Waals surface area contributed by atoms with Gasteiger partial charge in [0.15, 0.2) is 0 Å². The van der Waals surface area contributed by atoms with Crippen LogP contribution in [-0.2, 0) is 17.6 Å². The predicted octanol–water partition coefficient (Wildman–Crippen LogP) is 5.23. The number of carboxylic acids is 1. The number of carbonyl (C=O) groups is 1. The molecular formula is C27H25N3O4. The van der Waals surface area contributed by atoms with E-state index in [1.54, 1.807) is 12.4 Å². The van der Waals surface area contributed by atoms with Crippen molar-refractivity contribution in [3.05, 3.63) is 83.8 Å². The summed E-state index contributed by atoms with van der Waals surface area (Å²) >= 11 is 0. The second-order valence-corrected chi connectivity index (χ2v) is 8.52. The molecule has 1 aliphatic carbocycles. The topological polar surface area (TPSA) is 98.3 Å². The van der Waals surface area contributed by atoms with Crippen LogP contribution in [0.2, 0.25) is 0 Å². The third-order valence-corrected chi connectivity index (χ3v) is 6.24. The van der Waals surface area contributed by atoms with Crippen molar-refractivity contribution in [2.75, 3.05) is 6.61 Å². The van der Waals surface area contributed by atoms with Gasteiger partial charge < -0.3 is 14.3 Å². The molecule has 0 aliphatic heterocycles. The minimum absolute atomic E-state index is 0.102. The maximum Gasteiger partial charge on any atom is 0.303 e. The summed E-state index contributed by atoms with van der Waals surface area (Å²) in [5, 5.41) is 9.10. The first-order chi connectivity index (χ1) is 16.6. The van der Waals surface area contributed by atoms with Gasteiger partial charge in [0.1, 0.15) is 17.8 Å². The fourth-order valence-electron chi connectivity index (χ4n) is 4.52. The summed E-state index contributed by atoms with van der Waals surface area (Å²) in [5.41, 5.74) is 6.02. The van der Waals surface area contributed by atoms with Crippen molar-refractivity contribution in [3.63, 3.8) is 0 Å². The molecule has 0 amide bonds. The quantitative estimate of drug-likeness (QED) is 0.388. The van der Waals surface area contributed by atoms with E-state index in [9.17, 15) is 4.79 Å². The van der Waals surface area contributed by atoms with E-state index in [0.717, 1.165) is 52.3 Å². The average Bonchev–Trinajstić information content (AvgIpc) is 3.42. The largest absolute Gasteiger partial charge is 0.493 e. The lowest BCUT2D eigenvalue weighted by Crippen LogP contribution is -2.04. The molecule has 0 saturated carbocycles. The monoisotopic (exact) mass is 455 g/mol. The Kier molecular flexibility index (Phi) is 6.08. The minimum atomic E-state index is -0.749.